The molecule has 0 saturated heterocycles. The third kappa shape index (κ3) is 2.50. The molecule has 0 fully saturated rings. The first kappa shape index (κ1) is 12.9. The average Bonchev–Trinajstić information content (AvgIpc) is 2.38. The Bertz CT molecular complexity index is 428. The second-order valence-corrected chi connectivity index (χ2v) is 5.16. The van der Waals surface area contributed by atoms with Crippen LogP contribution in [0.4, 0.5) is 5.69 Å². The van der Waals surface area contributed by atoms with Crippen LogP contribution in [0.25, 0.3) is 0 Å². The molecule has 1 heterocycles. The van der Waals surface area contributed by atoms with Crippen LogP contribution in [0.15, 0.2) is 24.3 Å². The molecule has 18 heavy (non-hydrogen) atoms. The number of hydrogen-bond donors (Lipinski definition) is 1. The van der Waals surface area contributed by atoms with Crippen LogP contribution in [0.5, 0.6) is 0 Å². The lowest BCUT2D eigenvalue weighted by Crippen LogP contribution is -2.44. The summed E-state index contributed by atoms with van der Waals surface area (Å²) >= 11 is 0. The van der Waals surface area contributed by atoms with Crippen molar-refractivity contribution in [3.63, 3.8) is 0 Å². The molecule has 3 heteroatoms. The van der Waals surface area contributed by atoms with Crippen molar-refractivity contribution in [1.29, 1.82) is 0 Å². The van der Waals surface area contributed by atoms with Crippen molar-refractivity contribution in [2.24, 2.45) is 5.92 Å². The SMILES string of the molecule is CCN(C(=O)C1CNc2ccccc2C1)C(C)C. The maximum atomic E-state index is 12.5. The molecule has 98 valence electrons. The molecule has 1 unspecified atom stereocenters. The van der Waals surface area contributed by atoms with E-state index < -0.39 is 0 Å². The molecular weight excluding hydrogens is 224 g/mol. The summed E-state index contributed by atoms with van der Waals surface area (Å²) in [6.07, 6.45) is 0.852. The first-order valence-electron chi connectivity index (χ1n) is 6.75. The fourth-order valence-corrected chi connectivity index (χ4v) is 2.63. The van der Waals surface area contributed by atoms with Crippen molar-refractivity contribution >= 4 is 11.6 Å². The Morgan fingerprint density at radius 1 is 1.44 bits per heavy atom. The fourth-order valence-electron chi connectivity index (χ4n) is 2.63. The van der Waals surface area contributed by atoms with Gasteiger partial charge in [0.15, 0.2) is 0 Å². The maximum absolute atomic E-state index is 12.5. The zero-order chi connectivity index (χ0) is 13.1. The van der Waals surface area contributed by atoms with Crippen molar-refractivity contribution < 1.29 is 4.79 Å². The summed E-state index contributed by atoms with van der Waals surface area (Å²) in [7, 11) is 0. The molecule has 0 radical (unpaired) electrons. The van der Waals surface area contributed by atoms with Crippen LogP contribution < -0.4 is 5.32 Å². The predicted molar refractivity (Wildman–Crippen MR) is 74.6 cm³/mol. The molecular formula is C15H22N2O. The maximum Gasteiger partial charge on any atom is 0.228 e. The minimum Gasteiger partial charge on any atom is -0.384 e. The van der Waals surface area contributed by atoms with Gasteiger partial charge in [-0.1, -0.05) is 18.2 Å². The molecule has 1 aliphatic heterocycles. The Balaban J connectivity index is 2.11. The molecule has 1 aromatic carbocycles. The Kier molecular flexibility index (Phi) is 3.90. The van der Waals surface area contributed by atoms with Crippen molar-refractivity contribution in [2.45, 2.75) is 33.2 Å². The Labute approximate surface area is 109 Å². The number of benzene rings is 1. The van der Waals surface area contributed by atoms with E-state index in [1.54, 1.807) is 0 Å². The van der Waals surface area contributed by atoms with Crippen LogP contribution in [-0.2, 0) is 11.2 Å². The smallest absolute Gasteiger partial charge is 0.228 e. The molecule has 1 atom stereocenters. The number of carbonyl (C=O) groups is 1. The lowest BCUT2D eigenvalue weighted by atomic mass is 9.92. The minimum absolute atomic E-state index is 0.0715. The summed E-state index contributed by atoms with van der Waals surface area (Å²) in [5.41, 5.74) is 2.43. The van der Waals surface area contributed by atoms with Crippen LogP contribution >= 0.6 is 0 Å². The van der Waals surface area contributed by atoms with Gasteiger partial charge in [-0.2, -0.15) is 0 Å². The molecule has 2 rings (SSSR count). The number of nitrogens with one attached hydrogen (secondary N) is 1. The number of anilines is 1. The van der Waals surface area contributed by atoms with Gasteiger partial charge in [-0.15, -0.1) is 0 Å². The molecule has 1 aromatic rings. The van der Waals surface area contributed by atoms with Gasteiger partial charge in [0, 0.05) is 24.8 Å². The number of rotatable bonds is 3. The van der Waals surface area contributed by atoms with E-state index in [0.717, 1.165) is 19.5 Å². The average molecular weight is 246 g/mol. The van der Waals surface area contributed by atoms with Gasteiger partial charge < -0.3 is 10.2 Å². The van der Waals surface area contributed by atoms with Gasteiger partial charge in [0.05, 0.1) is 5.92 Å². The van der Waals surface area contributed by atoms with Crippen LogP contribution in [0.2, 0.25) is 0 Å². The van der Waals surface area contributed by atoms with E-state index in [-0.39, 0.29) is 17.9 Å². The third-order valence-corrected chi connectivity index (χ3v) is 3.62. The highest BCUT2D eigenvalue weighted by Gasteiger charge is 2.28. The number of fused-ring (bicyclic) bond motifs is 1. The first-order valence-corrected chi connectivity index (χ1v) is 6.75. The molecule has 0 spiro atoms. The van der Waals surface area contributed by atoms with E-state index in [9.17, 15) is 4.79 Å². The number of amides is 1. The zero-order valence-corrected chi connectivity index (χ0v) is 11.4. The lowest BCUT2D eigenvalue weighted by Gasteiger charge is -2.32. The molecule has 0 aliphatic carbocycles. The molecule has 0 saturated carbocycles. The lowest BCUT2D eigenvalue weighted by molar-refractivity contribution is -0.136. The van der Waals surface area contributed by atoms with E-state index >= 15 is 0 Å². The molecule has 0 aromatic heterocycles. The number of hydrogen-bond acceptors (Lipinski definition) is 2. The van der Waals surface area contributed by atoms with Crippen LogP contribution in [0, 0.1) is 5.92 Å². The Morgan fingerprint density at radius 3 is 2.83 bits per heavy atom. The minimum atomic E-state index is 0.0715. The van der Waals surface area contributed by atoms with E-state index in [1.807, 2.05) is 24.0 Å². The number of carbonyl (C=O) groups excluding carboxylic acids is 1. The largest absolute Gasteiger partial charge is 0.384 e. The van der Waals surface area contributed by atoms with Gasteiger partial charge in [0.1, 0.15) is 0 Å². The summed E-state index contributed by atoms with van der Waals surface area (Å²) in [6, 6.07) is 8.52. The molecule has 1 amide bonds. The first-order chi connectivity index (χ1) is 8.63. The van der Waals surface area contributed by atoms with Gasteiger partial charge in [-0.25, -0.2) is 0 Å². The van der Waals surface area contributed by atoms with Crippen molar-refractivity contribution in [1.82, 2.24) is 4.90 Å². The van der Waals surface area contributed by atoms with Crippen molar-refractivity contribution in [3.05, 3.63) is 29.8 Å². The number of nitrogens with zero attached hydrogens (tertiary/aromatic N) is 1. The highest BCUT2D eigenvalue weighted by molar-refractivity contribution is 5.81. The van der Waals surface area contributed by atoms with Gasteiger partial charge >= 0.3 is 0 Å². The molecule has 0 bridgehead atoms. The van der Waals surface area contributed by atoms with Gasteiger partial charge in [-0.05, 0) is 38.8 Å². The highest BCUT2D eigenvalue weighted by Crippen LogP contribution is 2.25. The zero-order valence-electron chi connectivity index (χ0n) is 11.4. The van der Waals surface area contributed by atoms with E-state index in [0.29, 0.717) is 0 Å². The van der Waals surface area contributed by atoms with E-state index in [4.69, 9.17) is 0 Å². The van der Waals surface area contributed by atoms with Crippen molar-refractivity contribution in [3.8, 4) is 0 Å². The standard InChI is InChI=1S/C15H22N2O/c1-4-17(11(2)3)15(18)13-9-12-7-5-6-8-14(12)16-10-13/h5-8,11,13,16H,4,9-10H2,1-3H3. The number of para-hydroxylation sites is 1. The quantitative estimate of drug-likeness (QED) is 0.889. The highest BCUT2D eigenvalue weighted by atomic mass is 16.2. The van der Waals surface area contributed by atoms with Crippen molar-refractivity contribution in [2.75, 3.05) is 18.4 Å². The van der Waals surface area contributed by atoms with Crippen LogP contribution in [-0.4, -0.2) is 29.9 Å². The van der Waals surface area contributed by atoms with Gasteiger partial charge in [0.2, 0.25) is 5.91 Å². The van der Waals surface area contributed by atoms with E-state index in [1.165, 1.54) is 11.3 Å². The summed E-state index contributed by atoms with van der Waals surface area (Å²) in [4.78, 5) is 14.4. The monoisotopic (exact) mass is 246 g/mol. The Morgan fingerprint density at radius 2 is 2.17 bits per heavy atom. The molecule has 1 aliphatic rings. The van der Waals surface area contributed by atoms with Crippen LogP contribution in [0.1, 0.15) is 26.3 Å². The van der Waals surface area contributed by atoms with Gasteiger partial charge in [-0.3, -0.25) is 4.79 Å². The summed E-state index contributed by atoms with van der Waals surface area (Å²) in [5.74, 6) is 0.344. The third-order valence-electron chi connectivity index (χ3n) is 3.62. The topological polar surface area (TPSA) is 32.3 Å². The van der Waals surface area contributed by atoms with Gasteiger partial charge in [0.25, 0.3) is 0 Å². The summed E-state index contributed by atoms with van der Waals surface area (Å²) < 4.78 is 0. The summed E-state index contributed by atoms with van der Waals surface area (Å²) in [5, 5.41) is 3.36. The predicted octanol–water partition coefficient (Wildman–Crippen LogP) is 2.53. The Hall–Kier alpha value is -1.51. The second kappa shape index (κ2) is 5.42. The molecule has 1 N–H and O–H groups in total. The summed E-state index contributed by atoms with van der Waals surface area (Å²) in [6.45, 7) is 7.73. The van der Waals surface area contributed by atoms with Crippen LogP contribution in [0.3, 0.4) is 0 Å². The van der Waals surface area contributed by atoms with E-state index in [2.05, 4.69) is 31.3 Å². The molecule has 3 nitrogen and oxygen atoms in total. The normalized spacial score (nSPS) is 18.1. The fraction of sp³-hybridized carbons (Fsp3) is 0.533. The second-order valence-electron chi connectivity index (χ2n) is 5.16.